The molecular formula is C23H18F3NO3. The fraction of sp³-hybridized carbons (Fsp3) is 0.130. The summed E-state index contributed by atoms with van der Waals surface area (Å²) < 4.78 is 43.9. The molecule has 0 atom stereocenters. The number of anilines is 1. The molecule has 0 fully saturated rings. The molecule has 7 heteroatoms. The van der Waals surface area contributed by atoms with Gasteiger partial charge in [-0.05, 0) is 35.7 Å². The van der Waals surface area contributed by atoms with Crippen LogP contribution in [0.25, 0.3) is 0 Å². The standard InChI is InChI=1S/C23H18F3NO3/c24-23(25,26)19-12-6-5-11-18(19)22(29)30-15-21(28)27-20-13-7-4-10-17(20)14-16-8-2-1-3-9-16/h1-13H,14-15H2,(H,27,28). The molecule has 0 spiro atoms. The first-order valence-electron chi connectivity index (χ1n) is 9.09. The van der Waals surface area contributed by atoms with Crippen LogP contribution in [0.2, 0.25) is 0 Å². The maximum atomic E-state index is 13.0. The molecule has 0 saturated heterocycles. The molecule has 154 valence electrons. The van der Waals surface area contributed by atoms with E-state index in [0.717, 1.165) is 23.3 Å². The van der Waals surface area contributed by atoms with E-state index >= 15 is 0 Å². The van der Waals surface area contributed by atoms with Crippen LogP contribution in [-0.4, -0.2) is 18.5 Å². The van der Waals surface area contributed by atoms with Gasteiger partial charge in [0.2, 0.25) is 0 Å². The molecule has 0 aliphatic heterocycles. The van der Waals surface area contributed by atoms with E-state index in [1.165, 1.54) is 12.1 Å². The van der Waals surface area contributed by atoms with Crippen molar-refractivity contribution in [2.24, 2.45) is 0 Å². The van der Waals surface area contributed by atoms with E-state index in [-0.39, 0.29) is 0 Å². The van der Waals surface area contributed by atoms with Crippen LogP contribution in [0.3, 0.4) is 0 Å². The molecule has 4 nitrogen and oxygen atoms in total. The lowest BCUT2D eigenvalue weighted by Gasteiger charge is -2.13. The third-order valence-corrected chi connectivity index (χ3v) is 4.32. The predicted octanol–water partition coefficient (Wildman–Crippen LogP) is 5.09. The smallest absolute Gasteiger partial charge is 0.417 e. The van der Waals surface area contributed by atoms with Gasteiger partial charge in [-0.25, -0.2) is 4.79 Å². The van der Waals surface area contributed by atoms with Crippen molar-refractivity contribution in [3.63, 3.8) is 0 Å². The first-order valence-corrected chi connectivity index (χ1v) is 9.09. The number of benzene rings is 3. The second-order valence-corrected chi connectivity index (χ2v) is 6.49. The number of hydrogen-bond acceptors (Lipinski definition) is 3. The zero-order chi connectivity index (χ0) is 21.6. The number of para-hydroxylation sites is 1. The lowest BCUT2D eigenvalue weighted by molar-refractivity contribution is -0.138. The van der Waals surface area contributed by atoms with E-state index in [1.807, 2.05) is 42.5 Å². The minimum absolute atomic E-state index is 0.540. The number of amides is 1. The number of halogens is 3. The quantitative estimate of drug-likeness (QED) is 0.573. The Hall–Kier alpha value is -3.61. The molecule has 3 aromatic carbocycles. The van der Waals surface area contributed by atoms with Gasteiger partial charge in [-0.2, -0.15) is 13.2 Å². The topological polar surface area (TPSA) is 55.4 Å². The van der Waals surface area contributed by atoms with Gasteiger partial charge in [0.05, 0.1) is 11.1 Å². The van der Waals surface area contributed by atoms with Crippen molar-refractivity contribution < 1.29 is 27.5 Å². The molecule has 0 aliphatic carbocycles. The van der Waals surface area contributed by atoms with Crippen molar-refractivity contribution in [2.45, 2.75) is 12.6 Å². The number of hydrogen-bond donors (Lipinski definition) is 1. The summed E-state index contributed by atoms with van der Waals surface area (Å²) in [7, 11) is 0. The van der Waals surface area contributed by atoms with E-state index in [2.05, 4.69) is 5.32 Å². The molecule has 0 saturated carbocycles. The second kappa shape index (κ2) is 9.26. The Bertz CT molecular complexity index is 1030. The Labute approximate surface area is 171 Å². The Morgan fingerprint density at radius 2 is 1.47 bits per heavy atom. The summed E-state index contributed by atoms with van der Waals surface area (Å²) >= 11 is 0. The third kappa shape index (κ3) is 5.47. The van der Waals surface area contributed by atoms with Gasteiger partial charge < -0.3 is 10.1 Å². The number of alkyl halides is 3. The van der Waals surface area contributed by atoms with Crippen molar-refractivity contribution in [1.29, 1.82) is 0 Å². The molecule has 1 N–H and O–H groups in total. The highest BCUT2D eigenvalue weighted by Crippen LogP contribution is 2.32. The lowest BCUT2D eigenvalue weighted by Crippen LogP contribution is -2.23. The molecular weight excluding hydrogens is 395 g/mol. The molecule has 0 aromatic heterocycles. The lowest BCUT2D eigenvalue weighted by atomic mass is 10.0. The van der Waals surface area contributed by atoms with Crippen molar-refractivity contribution in [2.75, 3.05) is 11.9 Å². The van der Waals surface area contributed by atoms with E-state index < -0.39 is 35.8 Å². The zero-order valence-corrected chi connectivity index (χ0v) is 15.8. The van der Waals surface area contributed by atoms with Gasteiger partial charge in [0.15, 0.2) is 6.61 Å². The minimum Gasteiger partial charge on any atom is -0.452 e. The van der Waals surface area contributed by atoms with Crippen LogP contribution in [0.15, 0.2) is 78.9 Å². The molecule has 0 aliphatic rings. The monoisotopic (exact) mass is 413 g/mol. The van der Waals surface area contributed by atoms with Crippen LogP contribution in [0.4, 0.5) is 18.9 Å². The Morgan fingerprint density at radius 1 is 0.833 bits per heavy atom. The molecule has 0 heterocycles. The average molecular weight is 413 g/mol. The number of nitrogens with one attached hydrogen (secondary N) is 1. The fourth-order valence-electron chi connectivity index (χ4n) is 2.92. The van der Waals surface area contributed by atoms with Gasteiger partial charge in [-0.1, -0.05) is 60.7 Å². The van der Waals surface area contributed by atoms with Crippen molar-refractivity contribution in [1.82, 2.24) is 0 Å². The highest BCUT2D eigenvalue weighted by atomic mass is 19.4. The molecule has 1 amide bonds. The summed E-state index contributed by atoms with van der Waals surface area (Å²) in [5.74, 6) is -1.86. The van der Waals surface area contributed by atoms with E-state index in [9.17, 15) is 22.8 Å². The molecule has 0 bridgehead atoms. The molecule has 30 heavy (non-hydrogen) atoms. The SMILES string of the molecule is O=C(COC(=O)c1ccccc1C(F)(F)F)Nc1ccccc1Cc1ccccc1. The Kier molecular flexibility index (Phi) is 6.51. The summed E-state index contributed by atoms with van der Waals surface area (Å²) in [5, 5.41) is 2.64. The highest BCUT2D eigenvalue weighted by molar-refractivity contribution is 5.96. The van der Waals surface area contributed by atoms with Crippen LogP contribution in [-0.2, 0) is 22.1 Å². The highest BCUT2D eigenvalue weighted by Gasteiger charge is 2.35. The number of esters is 1. The van der Waals surface area contributed by atoms with E-state index in [0.29, 0.717) is 12.1 Å². The van der Waals surface area contributed by atoms with Crippen molar-refractivity contribution in [3.05, 3.63) is 101 Å². The normalized spacial score (nSPS) is 11.0. The van der Waals surface area contributed by atoms with Crippen molar-refractivity contribution in [3.8, 4) is 0 Å². The van der Waals surface area contributed by atoms with E-state index in [4.69, 9.17) is 4.74 Å². The van der Waals surface area contributed by atoms with E-state index in [1.54, 1.807) is 12.1 Å². The van der Waals surface area contributed by atoms with Crippen LogP contribution >= 0.6 is 0 Å². The van der Waals surface area contributed by atoms with Gasteiger partial charge in [0, 0.05) is 5.69 Å². The molecule has 3 rings (SSSR count). The predicted molar refractivity (Wildman–Crippen MR) is 106 cm³/mol. The summed E-state index contributed by atoms with van der Waals surface area (Å²) in [5.41, 5.74) is 0.698. The number of ether oxygens (including phenoxy) is 1. The maximum absolute atomic E-state index is 13.0. The number of rotatable bonds is 6. The van der Waals surface area contributed by atoms with Gasteiger partial charge in [-0.15, -0.1) is 0 Å². The summed E-state index contributed by atoms with van der Waals surface area (Å²) in [6.07, 6.45) is -4.12. The fourth-order valence-corrected chi connectivity index (χ4v) is 2.92. The van der Waals surface area contributed by atoms with Gasteiger partial charge in [0.1, 0.15) is 0 Å². The average Bonchev–Trinajstić information content (AvgIpc) is 2.73. The maximum Gasteiger partial charge on any atom is 0.417 e. The molecule has 0 radical (unpaired) electrons. The first-order chi connectivity index (χ1) is 14.3. The first kappa shape index (κ1) is 21.1. The largest absolute Gasteiger partial charge is 0.452 e. The molecule has 0 unspecified atom stereocenters. The second-order valence-electron chi connectivity index (χ2n) is 6.49. The van der Waals surface area contributed by atoms with Crippen molar-refractivity contribution >= 4 is 17.6 Å². The Balaban J connectivity index is 1.64. The number of carbonyl (C=O) groups excluding carboxylic acids is 2. The van der Waals surface area contributed by atoms with Crippen LogP contribution in [0.1, 0.15) is 27.0 Å². The van der Waals surface area contributed by atoms with Gasteiger partial charge >= 0.3 is 12.1 Å². The van der Waals surface area contributed by atoms with Gasteiger partial charge in [-0.3, -0.25) is 4.79 Å². The van der Waals surface area contributed by atoms with Crippen LogP contribution in [0.5, 0.6) is 0 Å². The zero-order valence-electron chi connectivity index (χ0n) is 15.8. The third-order valence-electron chi connectivity index (χ3n) is 4.32. The molecule has 3 aromatic rings. The van der Waals surface area contributed by atoms with Crippen LogP contribution < -0.4 is 5.32 Å². The minimum atomic E-state index is -4.70. The van der Waals surface area contributed by atoms with Gasteiger partial charge in [0.25, 0.3) is 5.91 Å². The Morgan fingerprint density at radius 3 is 2.20 bits per heavy atom. The summed E-state index contributed by atoms with van der Waals surface area (Å²) in [4.78, 5) is 24.3. The van der Waals surface area contributed by atoms with Crippen LogP contribution in [0, 0.1) is 0 Å². The summed E-state index contributed by atoms with van der Waals surface area (Å²) in [6, 6.07) is 21.1. The summed E-state index contributed by atoms with van der Waals surface area (Å²) in [6.45, 7) is -0.704. The number of carbonyl (C=O) groups is 2.